The standard InChI is InChI=1S/C13H17FN4S2/c1-2-18-12(9-15)16-17-13(18)20-8-7-19-11-5-3-10(14)4-6-11/h3-6H,2,7-9,15H2,1H3. The van der Waals surface area contributed by atoms with E-state index in [0.29, 0.717) is 6.54 Å². The molecule has 2 aromatic rings. The lowest BCUT2D eigenvalue weighted by Crippen LogP contribution is -2.08. The Bertz CT molecular complexity index is 542. The van der Waals surface area contributed by atoms with E-state index in [0.717, 1.165) is 33.9 Å². The molecule has 0 aliphatic heterocycles. The van der Waals surface area contributed by atoms with Crippen molar-refractivity contribution in [2.24, 2.45) is 5.73 Å². The first-order valence-corrected chi connectivity index (χ1v) is 8.35. The molecule has 0 saturated carbocycles. The van der Waals surface area contributed by atoms with Crippen LogP contribution in [-0.2, 0) is 13.1 Å². The summed E-state index contributed by atoms with van der Waals surface area (Å²) in [7, 11) is 0. The van der Waals surface area contributed by atoms with Gasteiger partial charge in [0.15, 0.2) is 5.16 Å². The normalized spacial score (nSPS) is 10.9. The van der Waals surface area contributed by atoms with Gasteiger partial charge in [-0.1, -0.05) is 11.8 Å². The Morgan fingerprint density at radius 2 is 1.85 bits per heavy atom. The lowest BCUT2D eigenvalue weighted by atomic mass is 10.4. The van der Waals surface area contributed by atoms with Gasteiger partial charge in [-0.3, -0.25) is 0 Å². The Kier molecular flexibility index (Phi) is 5.87. The molecule has 0 unspecified atom stereocenters. The maximum atomic E-state index is 12.8. The molecule has 108 valence electrons. The molecule has 1 aromatic carbocycles. The highest BCUT2D eigenvalue weighted by Gasteiger charge is 2.09. The van der Waals surface area contributed by atoms with Crippen molar-refractivity contribution < 1.29 is 4.39 Å². The van der Waals surface area contributed by atoms with Gasteiger partial charge in [0.25, 0.3) is 0 Å². The van der Waals surface area contributed by atoms with Gasteiger partial charge in [-0.25, -0.2) is 4.39 Å². The van der Waals surface area contributed by atoms with Crippen molar-refractivity contribution in [3.05, 3.63) is 35.9 Å². The lowest BCUT2D eigenvalue weighted by Gasteiger charge is -2.05. The van der Waals surface area contributed by atoms with E-state index in [-0.39, 0.29) is 5.82 Å². The van der Waals surface area contributed by atoms with E-state index in [2.05, 4.69) is 17.1 Å². The molecule has 0 spiro atoms. The smallest absolute Gasteiger partial charge is 0.191 e. The van der Waals surface area contributed by atoms with Gasteiger partial charge in [-0.15, -0.1) is 22.0 Å². The molecule has 20 heavy (non-hydrogen) atoms. The second kappa shape index (κ2) is 7.66. The molecule has 1 heterocycles. The Balaban J connectivity index is 1.81. The summed E-state index contributed by atoms with van der Waals surface area (Å²) in [6, 6.07) is 6.56. The van der Waals surface area contributed by atoms with E-state index in [4.69, 9.17) is 5.73 Å². The van der Waals surface area contributed by atoms with E-state index >= 15 is 0 Å². The summed E-state index contributed by atoms with van der Waals surface area (Å²) in [5, 5.41) is 9.13. The number of rotatable bonds is 7. The molecule has 2 rings (SSSR count). The van der Waals surface area contributed by atoms with Crippen LogP contribution < -0.4 is 5.73 Å². The monoisotopic (exact) mass is 312 g/mol. The van der Waals surface area contributed by atoms with Crippen molar-refractivity contribution in [2.45, 2.75) is 30.1 Å². The molecule has 0 fully saturated rings. The molecule has 2 N–H and O–H groups in total. The molecule has 1 aromatic heterocycles. The zero-order chi connectivity index (χ0) is 14.4. The maximum absolute atomic E-state index is 12.8. The molecule has 0 radical (unpaired) electrons. The highest BCUT2D eigenvalue weighted by atomic mass is 32.2. The second-order valence-electron chi connectivity index (χ2n) is 4.00. The number of nitrogens with zero attached hydrogens (tertiary/aromatic N) is 3. The topological polar surface area (TPSA) is 56.7 Å². The van der Waals surface area contributed by atoms with Crippen LogP contribution in [0.3, 0.4) is 0 Å². The van der Waals surface area contributed by atoms with Crippen LogP contribution in [0.25, 0.3) is 0 Å². The molecule has 7 heteroatoms. The van der Waals surface area contributed by atoms with Crippen molar-refractivity contribution in [3.63, 3.8) is 0 Å². The minimum Gasteiger partial charge on any atom is -0.324 e. The second-order valence-corrected chi connectivity index (χ2v) is 6.23. The van der Waals surface area contributed by atoms with Gasteiger partial charge in [-0.2, -0.15) is 0 Å². The van der Waals surface area contributed by atoms with Crippen molar-refractivity contribution in [3.8, 4) is 0 Å². The fourth-order valence-corrected chi connectivity index (χ4v) is 3.62. The summed E-state index contributed by atoms with van der Waals surface area (Å²) in [5.74, 6) is 2.48. The van der Waals surface area contributed by atoms with E-state index in [1.54, 1.807) is 35.7 Å². The van der Waals surface area contributed by atoms with Crippen LogP contribution in [0.1, 0.15) is 12.7 Å². The molecule has 0 bridgehead atoms. The third kappa shape index (κ3) is 3.97. The van der Waals surface area contributed by atoms with Crippen LogP contribution in [0.4, 0.5) is 4.39 Å². The first kappa shape index (κ1) is 15.3. The van der Waals surface area contributed by atoms with Gasteiger partial charge in [0.1, 0.15) is 11.6 Å². The third-order valence-corrected chi connectivity index (χ3v) is 4.93. The molecule has 0 aliphatic rings. The van der Waals surface area contributed by atoms with E-state index in [9.17, 15) is 4.39 Å². The average molecular weight is 312 g/mol. The van der Waals surface area contributed by atoms with Gasteiger partial charge in [0, 0.05) is 22.9 Å². The first-order valence-electron chi connectivity index (χ1n) is 6.38. The first-order chi connectivity index (χ1) is 9.74. The van der Waals surface area contributed by atoms with E-state index < -0.39 is 0 Å². The molecule has 0 aliphatic carbocycles. The zero-order valence-electron chi connectivity index (χ0n) is 11.3. The molecule has 0 saturated heterocycles. The van der Waals surface area contributed by atoms with Gasteiger partial charge < -0.3 is 10.3 Å². The van der Waals surface area contributed by atoms with Gasteiger partial charge in [-0.05, 0) is 31.2 Å². The van der Waals surface area contributed by atoms with Crippen LogP contribution >= 0.6 is 23.5 Å². The maximum Gasteiger partial charge on any atom is 0.191 e. The number of halogens is 1. The average Bonchev–Trinajstić information content (AvgIpc) is 2.87. The SMILES string of the molecule is CCn1c(CN)nnc1SCCSc1ccc(F)cc1. The van der Waals surface area contributed by atoms with Crippen molar-refractivity contribution >= 4 is 23.5 Å². The zero-order valence-corrected chi connectivity index (χ0v) is 12.9. The summed E-state index contributed by atoms with van der Waals surface area (Å²) in [4.78, 5) is 1.08. The molecular weight excluding hydrogens is 295 g/mol. The predicted octanol–water partition coefficient (Wildman–Crippen LogP) is 2.78. The van der Waals surface area contributed by atoms with Crippen LogP contribution in [0.15, 0.2) is 34.3 Å². The van der Waals surface area contributed by atoms with Gasteiger partial charge in [0.2, 0.25) is 0 Å². The molecule has 4 nitrogen and oxygen atoms in total. The quantitative estimate of drug-likeness (QED) is 0.629. The van der Waals surface area contributed by atoms with Crippen LogP contribution in [0.2, 0.25) is 0 Å². The Morgan fingerprint density at radius 3 is 2.50 bits per heavy atom. The predicted molar refractivity (Wildman–Crippen MR) is 81.4 cm³/mol. The summed E-state index contributed by atoms with van der Waals surface area (Å²) < 4.78 is 14.8. The Hall–Kier alpha value is -1.05. The Labute approximate surface area is 126 Å². The number of thioether (sulfide) groups is 2. The highest BCUT2D eigenvalue weighted by Crippen LogP contribution is 2.22. The summed E-state index contributed by atoms with van der Waals surface area (Å²) in [6.07, 6.45) is 0. The molecular formula is C13H17FN4S2. The Morgan fingerprint density at radius 1 is 1.15 bits per heavy atom. The van der Waals surface area contributed by atoms with Crippen molar-refractivity contribution in [1.29, 1.82) is 0 Å². The van der Waals surface area contributed by atoms with Gasteiger partial charge >= 0.3 is 0 Å². The number of nitrogens with two attached hydrogens (primary N) is 1. The fraction of sp³-hybridized carbons (Fsp3) is 0.385. The van der Waals surface area contributed by atoms with E-state index in [1.807, 2.05) is 4.57 Å². The van der Waals surface area contributed by atoms with Crippen molar-refractivity contribution in [1.82, 2.24) is 14.8 Å². The minimum absolute atomic E-state index is 0.200. The highest BCUT2D eigenvalue weighted by molar-refractivity contribution is 8.02. The van der Waals surface area contributed by atoms with E-state index in [1.165, 1.54) is 12.1 Å². The summed E-state index contributed by atoms with van der Waals surface area (Å²) >= 11 is 3.37. The molecule has 0 atom stereocenters. The minimum atomic E-state index is -0.200. The van der Waals surface area contributed by atoms with Crippen LogP contribution in [-0.4, -0.2) is 26.3 Å². The molecule has 0 amide bonds. The van der Waals surface area contributed by atoms with Gasteiger partial charge in [0.05, 0.1) is 6.54 Å². The fourth-order valence-electron chi connectivity index (χ4n) is 1.72. The number of hydrogen-bond acceptors (Lipinski definition) is 5. The van der Waals surface area contributed by atoms with Crippen molar-refractivity contribution in [2.75, 3.05) is 11.5 Å². The van der Waals surface area contributed by atoms with Crippen LogP contribution in [0.5, 0.6) is 0 Å². The number of aromatic nitrogens is 3. The summed E-state index contributed by atoms with van der Waals surface area (Å²) in [5.41, 5.74) is 5.62. The van der Waals surface area contributed by atoms with Crippen LogP contribution in [0, 0.1) is 5.82 Å². The number of hydrogen-bond donors (Lipinski definition) is 1. The lowest BCUT2D eigenvalue weighted by molar-refractivity contribution is 0.626. The summed E-state index contributed by atoms with van der Waals surface area (Å²) in [6.45, 7) is 3.29. The largest absolute Gasteiger partial charge is 0.324 e. The number of benzene rings is 1. The third-order valence-electron chi connectivity index (χ3n) is 2.69.